The first-order valence-corrected chi connectivity index (χ1v) is 7.49. The quantitative estimate of drug-likeness (QED) is 0.834. The smallest absolute Gasteiger partial charge is 0.244 e. The zero-order chi connectivity index (χ0) is 18.4. The minimum atomic E-state index is -1.20. The van der Waals surface area contributed by atoms with Crippen molar-refractivity contribution in [2.75, 3.05) is 26.0 Å². The number of likely N-dealkylation sites (N-methyl/N-ethyl adjacent to an activating group) is 1. The van der Waals surface area contributed by atoms with E-state index in [0.29, 0.717) is 5.82 Å². The van der Waals surface area contributed by atoms with Gasteiger partial charge >= 0.3 is 0 Å². The van der Waals surface area contributed by atoms with E-state index >= 15 is 0 Å². The highest BCUT2D eigenvalue weighted by Crippen LogP contribution is 2.24. The second-order valence-electron chi connectivity index (χ2n) is 5.48. The number of nitrogens with zero attached hydrogens (tertiary/aromatic N) is 2. The van der Waals surface area contributed by atoms with Crippen molar-refractivity contribution in [3.05, 3.63) is 59.8 Å². The van der Waals surface area contributed by atoms with E-state index in [0.717, 1.165) is 12.1 Å². The zero-order valence-corrected chi connectivity index (χ0v) is 13.8. The summed E-state index contributed by atoms with van der Waals surface area (Å²) in [6, 6.07) is 7.16. The number of rotatable bonds is 6. The van der Waals surface area contributed by atoms with Gasteiger partial charge in [0.2, 0.25) is 11.8 Å². The summed E-state index contributed by atoms with van der Waals surface area (Å²) in [5.74, 6) is -2.51. The van der Waals surface area contributed by atoms with Crippen molar-refractivity contribution >= 4 is 17.6 Å². The van der Waals surface area contributed by atoms with Crippen LogP contribution in [-0.2, 0) is 9.59 Å². The maximum absolute atomic E-state index is 14.0. The molecule has 0 aliphatic carbocycles. The number of benzene rings is 1. The third-order valence-electron chi connectivity index (χ3n) is 3.39. The van der Waals surface area contributed by atoms with Gasteiger partial charge in [-0.25, -0.2) is 13.8 Å². The van der Waals surface area contributed by atoms with E-state index in [9.17, 15) is 18.4 Å². The molecule has 1 aromatic carbocycles. The topological polar surface area (TPSA) is 74.3 Å². The molecule has 6 nitrogen and oxygen atoms in total. The molecule has 0 aliphatic rings. The fraction of sp³-hybridized carbons (Fsp3) is 0.235. The molecule has 0 saturated heterocycles. The molecule has 132 valence electrons. The van der Waals surface area contributed by atoms with Gasteiger partial charge in [0, 0.05) is 6.20 Å². The Morgan fingerprint density at radius 1 is 1.12 bits per heavy atom. The van der Waals surface area contributed by atoms with Crippen LogP contribution in [0.15, 0.2) is 42.6 Å². The van der Waals surface area contributed by atoms with Crippen LogP contribution >= 0.6 is 0 Å². The van der Waals surface area contributed by atoms with Gasteiger partial charge in [0.1, 0.15) is 23.5 Å². The van der Waals surface area contributed by atoms with Crippen molar-refractivity contribution in [2.45, 2.75) is 6.04 Å². The van der Waals surface area contributed by atoms with Crippen molar-refractivity contribution < 1.29 is 18.4 Å². The summed E-state index contributed by atoms with van der Waals surface area (Å²) in [7, 11) is 3.04. The number of pyridine rings is 1. The molecule has 0 aliphatic heterocycles. The molecule has 0 saturated carbocycles. The molecule has 0 spiro atoms. The number of hydrogen-bond acceptors (Lipinski definition) is 4. The van der Waals surface area contributed by atoms with Gasteiger partial charge in [-0.3, -0.25) is 14.5 Å². The van der Waals surface area contributed by atoms with E-state index in [1.165, 1.54) is 31.3 Å². The number of aromatic nitrogens is 1. The number of hydrogen-bond donors (Lipinski definition) is 2. The van der Waals surface area contributed by atoms with Crippen LogP contribution in [0.4, 0.5) is 14.6 Å². The predicted octanol–water partition coefficient (Wildman–Crippen LogP) is 1.72. The molecule has 1 atom stereocenters. The first-order chi connectivity index (χ1) is 11.9. The van der Waals surface area contributed by atoms with Gasteiger partial charge in [0.05, 0.1) is 12.1 Å². The van der Waals surface area contributed by atoms with Crippen LogP contribution in [0.5, 0.6) is 0 Å². The molecule has 0 radical (unpaired) electrons. The highest BCUT2D eigenvalue weighted by molar-refractivity contribution is 5.94. The van der Waals surface area contributed by atoms with Crippen molar-refractivity contribution in [1.29, 1.82) is 0 Å². The SMILES string of the molecule is CN(C)[C@@H](C(=O)NCC(=O)Nc1ccccn1)c1c(F)cccc1F. The highest BCUT2D eigenvalue weighted by atomic mass is 19.1. The first kappa shape index (κ1) is 18.5. The van der Waals surface area contributed by atoms with Crippen molar-refractivity contribution in [3.63, 3.8) is 0 Å². The Morgan fingerprint density at radius 3 is 2.36 bits per heavy atom. The van der Waals surface area contributed by atoms with E-state index in [1.54, 1.807) is 18.2 Å². The summed E-state index contributed by atoms with van der Waals surface area (Å²) < 4.78 is 27.9. The molecule has 0 bridgehead atoms. The predicted molar refractivity (Wildman–Crippen MR) is 88.7 cm³/mol. The lowest BCUT2D eigenvalue weighted by Gasteiger charge is -2.24. The van der Waals surface area contributed by atoms with Crippen molar-refractivity contribution in [2.24, 2.45) is 0 Å². The molecule has 8 heteroatoms. The molecule has 0 fully saturated rings. The number of amides is 2. The minimum Gasteiger partial charge on any atom is -0.345 e. The molecular formula is C17H18F2N4O2. The van der Waals surface area contributed by atoms with Gasteiger partial charge in [-0.1, -0.05) is 12.1 Å². The lowest BCUT2D eigenvalue weighted by molar-refractivity contribution is -0.128. The average Bonchev–Trinajstić information content (AvgIpc) is 2.56. The second kappa shape index (κ2) is 8.29. The van der Waals surface area contributed by atoms with Crippen LogP contribution in [0, 0.1) is 11.6 Å². The minimum absolute atomic E-state index is 0.339. The van der Waals surface area contributed by atoms with Crippen LogP contribution in [-0.4, -0.2) is 42.3 Å². The van der Waals surface area contributed by atoms with Gasteiger partial charge in [0.15, 0.2) is 0 Å². The van der Waals surface area contributed by atoms with Crippen molar-refractivity contribution in [3.8, 4) is 0 Å². The van der Waals surface area contributed by atoms with E-state index in [4.69, 9.17) is 0 Å². The summed E-state index contributed by atoms with van der Waals surface area (Å²) >= 11 is 0. The van der Waals surface area contributed by atoms with E-state index in [-0.39, 0.29) is 12.1 Å². The molecule has 2 N–H and O–H groups in total. The standard InChI is InChI=1S/C17H18F2N4O2/c1-23(2)16(15-11(18)6-5-7-12(15)19)17(25)21-10-14(24)22-13-8-3-4-9-20-13/h3-9,16H,10H2,1-2H3,(H,21,25)(H,20,22,24)/t16-/m1/s1. The van der Waals surface area contributed by atoms with E-state index in [2.05, 4.69) is 15.6 Å². The molecule has 2 aromatic rings. The summed E-state index contributed by atoms with van der Waals surface area (Å²) in [6.07, 6.45) is 1.51. The maximum atomic E-state index is 14.0. The number of carbonyl (C=O) groups is 2. The largest absolute Gasteiger partial charge is 0.345 e. The molecule has 25 heavy (non-hydrogen) atoms. The van der Waals surface area contributed by atoms with Gasteiger partial charge in [-0.2, -0.15) is 0 Å². The average molecular weight is 348 g/mol. The third kappa shape index (κ3) is 4.80. The van der Waals surface area contributed by atoms with E-state index < -0.39 is 29.5 Å². The monoisotopic (exact) mass is 348 g/mol. The van der Waals surface area contributed by atoms with Gasteiger partial charge in [-0.15, -0.1) is 0 Å². The fourth-order valence-electron chi connectivity index (χ4n) is 2.28. The van der Waals surface area contributed by atoms with Gasteiger partial charge in [0.25, 0.3) is 0 Å². The Morgan fingerprint density at radius 2 is 1.80 bits per heavy atom. The van der Waals surface area contributed by atoms with Gasteiger partial charge < -0.3 is 10.6 Å². The Bertz CT molecular complexity index is 733. The molecule has 1 heterocycles. The number of nitrogens with one attached hydrogen (secondary N) is 2. The summed E-state index contributed by atoms with van der Waals surface area (Å²) in [4.78, 5) is 29.5. The molecule has 2 amide bonds. The summed E-state index contributed by atoms with van der Waals surface area (Å²) in [5.41, 5.74) is -0.366. The van der Waals surface area contributed by atoms with Crippen LogP contribution in [0.25, 0.3) is 0 Å². The van der Waals surface area contributed by atoms with Crippen LogP contribution < -0.4 is 10.6 Å². The molecule has 0 unspecified atom stereocenters. The Labute approximate surface area is 143 Å². The highest BCUT2D eigenvalue weighted by Gasteiger charge is 2.29. The summed E-state index contributed by atoms with van der Waals surface area (Å²) in [5, 5.41) is 4.88. The molecule has 1 aromatic heterocycles. The van der Waals surface area contributed by atoms with Gasteiger partial charge in [-0.05, 0) is 38.4 Å². The summed E-state index contributed by atoms with van der Waals surface area (Å²) in [6.45, 7) is -0.351. The lowest BCUT2D eigenvalue weighted by Crippen LogP contribution is -2.41. The maximum Gasteiger partial charge on any atom is 0.244 e. The number of halogens is 2. The van der Waals surface area contributed by atoms with Crippen LogP contribution in [0.2, 0.25) is 0 Å². The first-order valence-electron chi connectivity index (χ1n) is 7.49. The Kier molecular flexibility index (Phi) is 6.13. The Balaban J connectivity index is 2.05. The van der Waals surface area contributed by atoms with Crippen LogP contribution in [0.3, 0.4) is 0 Å². The fourth-order valence-corrected chi connectivity index (χ4v) is 2.28. The van der Waals surface area contributed by atoms with Crippen LogP contribution in [0.1, 0.15) is 11.6 Å². The molecule has 2 rings (SSSR count). The zero-order valence-electron chi connectivity index (χ0n) is 13.8. The lowest BCUT2D eigenvalue weighted by atomic mass is 10.0. The normalized spacial score (nSPS) is 11.9. The number of anilines is 1. The Hall–Kier alpha value is -2.87. The third-order valence-corrected chi connectivity index (χ3v) is 3.39. The van der Waals surface area contributed by atoms with E-state index in [1.807, 2.05) is 0 Å². The van der Waals surface area contributed by atoms with Crippen molar-refractivity contribution in [1.82, 2.24) is 15.2 Å². The number of carbonyl (C=O) groups excluding carboxylic acids is 2. The molecular weight excluding hydrogens is 330 g/mol. The second-order valence-corrected chi connectivity index (χ2v) is 5.48.